The Balaban J connectivity index is 2.04. The first-order valence-corrected chi connectivity index (χ1v) is 6.71. The van der Waals surface area contributed by atoms with Crippen LogP contribution < -0.4 is 5.46 Å². The van der Waals surface area contributed by atoms with Gasteiger partial charge in [-0.25, -0.2) is 0 Å². The van der Waals surface area contributed by atoms with Gasteiger partial charge in [0, 0.05) is 0 Å². The number of hydrogen-bond acceptors (Lipinski definition) is 0. The van der Waals surface area contributed by atoms with Crippen molar-refractivity contribution in [2.24, 2.45) is 11.8 Å². The molecule has 2 rings (SSSR count). The van der Waals surface area contributed by atoms with Crippen molar-refractivity contribution in [3.63, 3.8) is 0 Å². The smallest absolute Gasteiger partial charge is 0.0896 e. The highest BCUT2D eigenvalue weighted by Gasteiger charge is 2.19. The maximum Gasteiger partial charge on any atom is 0.114 e. The van der Waals surface area contributed by atoms with Gasteiger partial charge in [0.05, 0.1) is 0 Å². The number of rotatable bonds is 2. The molecule has 88 valence electrons. The molecule has 0 bridgehead atoms. The van der Waals surface area contributed by atoms with Crippen LogP contribution in [0.15, 0.2) is 29.8 Å². The van der Waals surface area contributed by atoms with Crippen LogP contribution in [-0.2, 0) is 0 Å². The van der Waals surface area contributed by atoms with E-state index in [0.29, 0.717) is 0 Å². The van der Waals surface area contributed by atoms with E-state index in [4.69, 9.17) is 7.85 Å². The molecule has 0 unspecified atom stereocenters. The molecule has 1 aromatic carbocycles. The Bertz CT molecular complexity index is 394. The Morgan fingerprint density at radius 3 is 2.41 bits per heavy atom. The second-order valence-corrected chi connectivity index (χ2v) is 5.51. The Labute approximate surface area is 107 Å². The molecule has 2 radical (unpaired) electrons. The van der Waals surface area contributed by atoms with Gasteiger partial charge in [-0.3, -0.25) is 0 Å². The SMILES string of the molecule is [B]c1ccccc1C=C1CCC(C(C)C)CC1. The summed E-state index contributed by atoms with van der Waals surface area (Å²) in [5.74, 6) is 1.75. The molecule has 0 aliphatic heterocycles. The van der Waals surface area contributed by atoms with Crippen molar-refractivity contribution >= 4 is 19.4 Å². The van der Waals surface area contributed by atoms with Crippen molar-refractivity contribution in [3.05, 3.63) is 35.4 Å². The Morgan fingerprint density at radius 1 is 1.18 bits per heavy atom. The lowest BCUT2D eigenvalue weighted by Gasteiger charge is -2.27. The van der Waals surface area contributed by atoms with Gasteiger partial charge in [0.25, 0.3) is 0 Å². The average Bonchev–Trinajstić information content (AvgIpc) is 2.33. The first kappa shape index (κ1) is 12.5. The van der Waals surface area contributed by atoms with Gasteiger partial charge in [-0.2, -0.15) is 0 Å². The Hall–Kier alpha value is -0.975. The summed E-state index contributed by atoms with van der Waals surface area (Å²) < 4.78 is 0. The molecule has 1 heteroatoms. The van der Waals surface area contributed by atoms with Crippen LogP contribution in [0.25, 0.3) is 6.08 Å². The van der Waals surface area contributed by atoms with Crippen LogP contribution in [0.4, 0.5) is 0 Å². The van der Waals surface area contributed by atoms with Gasteiger partial charge in [0.1, 0.15) is 7.85 Å². The highest BCUT2D eigenvalue weighted by molar-refractivity contribution is 6.34. The third kappa shape index (κ3) is 3.25. The van der Waals surface area contributed by atoms with Crippen LogP contribution >= 0.6 is 0 Å². The molecule has 1 aromatic rings. The highest BCUT2D eigenvalue weighted by atomic mass is 14.2. The summed E-state index contributed by atoms with van der Waals surface area (Å²) in [6.07, 6.45) is 7.48. The summed E-state index contributed by atoms with van der Waals surface area (Å²) in [7, 11) is 5.97. The molecule has 0 heterocycles. The second kappa shape index (κ2) is 5.57. The van der Waals surface area contributed by atoms with E-state index < -0.39 is 0 Å². The normalized spacial score (nSPS) is 20.6. The molecule has 1 fully saturated rings. The summed E-state index contributed by atoms with van der Waals surface area (Å²) in [6.45, 7) is 4.68. The average molecular weight is 224 g/mol. The first-order valence-electron chi connectivity index (χ1n) is 6.71. The van der Waals surface area contributed by atoms with Gasteiger partial charge in [0.15, 0.2) is 0 Å². The van der Waals surface area contributed by atoms with E-state index in [9.17, 15) is 0 Å². The lowest BCUT2D eigenvalue weighted by Crippen LogP contribution is -2.14. The van der Waals surface area contributed by atoms with E-state index in [-0.39, 0.29) is 0 Å². The van der Waals surface area contributed by atoms with Crippen molar-refractivity contribution in [2.45, 2.75) is 39.5 Å². The third-order valence-electron chi connectivity index (χ3n) is 3.97. The molecular weight excluding hydrogens is 203 g/mol. The fourth-order valence-corrected chi connectivity index (χ4v) is 2.68. The van der Waals surface area contributed by atoms with E-state index in [1.165, 1.54) is 31.2 Å². The fraction of sp³-hybridized carbons (Fsp3) is 0.500. The van der Waals surface area contributed by atoms with Gasteiger partial charge in [0.2, 0.25) is 0 Å². The zero-order valence-corrected chi connectivity index (χ0v) is 10.9. The standard InChI is InChI=1S/C16H21B/c1-12(2)14-9-7-13(8-10-14)11-15-5-3-4-6-16(15)17/h3-6,11-12,14H,7-10H2,1-2H3. The Morgan fingerprint density at radius 2 is 1.82 bits per heavy atom. The van der Waals surface area contributed by atoms with Crippen LogP contribution in [0.1, 0.15) is 45.1 Å². The van der Waals surface area contributed by atoms with E-state index in [1.807, 2.05) is 12.1 Å². The van der Waals surface area contributed by atoms with Crippen LogP contribution in [0.5, 0.6) is 0 Å². The van der Waals surface area contributed by atoms with Crippen molar-refractivity contribution in [2.75, 3.05) is 0 Å². The molecule has 1 saturated carbocycles. The first-order chi connectivity index (χ1) is 8.16. The molecule has 1 aliphatic carbocycles. The van der Waals surface area contributed by atoms with Crippen LogP contribution in [0.3, 0.4) is 0 Å². The van der Waals surface area contributed by atoms with E-state index in [1.54, 1.807) is 5.57 Å². The number of benzene rings is 1. The quantitative estimate of drug-likeness (QED) is 0.672. The monoisotopic (exact) mass is 224 g/mol. The summed E-state index contributed by atoms with van der Waals surface area (Å²) in [6, 6.07) is 8.14. The van der Waals surface area contributed by atoms with Crippen LogP contribution in [0.2, 0.25) is 0 Å². The van der Waals surface area contributed by atoms with Crippen molar-refractivity contribution in [1.29, 1.82) is 0 Å². The number of allylic oxidation sites excluding steroid dienone is 1. The molecule has 1 aliphatic rings. The third-order valence-corrected chi connectivity index (χ3v) is 3.97. The largest absolute Gasteiger partial charge is 0.114 e. The van der Waals surface area contributed by atoms with Crippen molar-refractivity contribution < 1.29 is 0 Å². The van der Waals surface area contributed by atoms with Gasteiger partial charge in [-0.1, -0.05) is 55.2 Å². The van der Waals surface area contributed by atoms with Crippen molar-refractivity contribution in [3.8, 4) is 0 Å². The summed E-state index contributed by atoms with van der Waals surface area (Å²) >= 11 is 0. The fourth-order valence-electron chi connectivity index (χ4n) is 2.68. The van der Waals surface area contributed by atoms with Crippen molar-refractivity contribution in [1.82, 2.24) is 0 Å². The van der Waals surface area contributed by atoms with Gasteiger partial charge in [-0.15, -0.1) is 0 Å². The van der Waals surface area contributed by atoms with E-state index in [0.717, 1.165) is 17.3 Å². The molecule has 0 atom stereocenters. The molecule has 0 amide bonds. The molecule has 0 nitrogen and oxygen atoms in total. The van der Waals surface area contributed by atoms with Crippen LogP contribution in [-0.4, -0.2) is 7.85 Å². The van der Waals surface area contributed by atoms with Crippen LogP contribution in [0, 0.1) is 11.8 Å². The molecule has 0 saturated heterocycles. The lowest BCUT2D eigenvalue weighted by atomic mass is 9.78. The summed E-state index contributed by atoms with van der Waals surface area (Å²) in [5, 5.41) is 0. The zero-order chi connectivity index (χ0) is 12.3. The minimum atomic E-state index is 0.832. The second-order valence-electron chi connectivity index (χ2n) is 5.51. The lowest BCUT2D eigenvalue weighted by molar-refractivity contribution is 0.312. The molecule has 17 heavy (non-hydrogen) atoms. The maximum absolute atomic E-state index is 5.97. The Kier molecular flexibility index (Phi) is 4.09. The molecule has 0 N–H and O–H groups in total. The van der Waals surface area contributed by atoms with E-state index in [2.05, 4.69) is 32.1 Å². The van der Waals surface area contributed by atoms with Gasteiger partial charge < -0.3 is 0 Å². The van der Waals surface area contributed by atoms with Gasteiger partial charge >= 0.3 is 0 Å². The molecule has 0 spiro atoms. The molecular formula is C16H21B. The summed E-state index contributed by atoms with van der Waals surface area (Å²) in [5.41, 5.74) is 3.65. The predicted molar refractivity (Wildman–Crippen MR) is 76.6 cm³/mol. The zero-order valence-electron chi connectivity index (χ0n) is 10.9. The minimum Gasteiger partial charge on any atom is -0.0896 e. The minimum absolute atomic E-state index is 0.832. The maximum atomic E-state index is 5.97. The topological polar surface area (TPSA) is 0 Å². The predicted octanol–water partition coefficient (Wildman–Crippen LogP) is 3.71. The highest BCUT2D eigenvalue weighted by Crippen LogP contribution is 2.33. The summed E-state index contributed by atoms with van der Waals surface area (Å²) in [4.78, 5) is 0. The number of hydrogen-bond donors (Lipinski definition) is 0. The molecule has 0 aromatic heterocycles. The van der Waals surface area contributed by atoms with E-state index >= 15 is 0 Å². The van der Waals surface area contributed by atoms with Gasteiger partial charge in [-0.05, 0) is 43.1 Å².